The van der Waals surface area contributed by atoms with Gasteiger partial charge in [0.25, 0.3) is 0 Å². The lowest BCUT2D eigenvalue weighted by molar-refractivity contribution is -0.125. The number of nitrogens with one attached hydrogen (secondary N) is 1. The second-order valence-electron chi connectivity index (χ2n) is 11.1. The van der Waals surface area contributed by atoms with Crippen LogP contribution in [-0.2, 0) is 4.79 Å². The van der Waals surface area contributed by atoms with Gasteiger partial charge in [-0.3, -0.25) is 4.79 Å². The van der Waals surface area contributed by atoms with Crippen LogP contribution in [0.2, 0.25) is 0 Å². The minimum absolute atomic E-state index is 0.0320. The molecular weight excluding hydrogens is 462 g/mol. The van der Waals surface area contributed by atoms with Crippen LogP contribution >= 0.6 is 0 Å². The molecule has 0 heterocycles. The van der Waals surface area contributed by atoms with Crippen LogP contribution in [0.25, 0.3) is 0 Å². The van der Waals surface area contributed by atoms with Crippen molar-refractivity contribution in [3.63, 3.8) is 0 Å². The second-order valence-corrected chi connectivity index (χ2v) is 11.1. The molecule has 0 aromatic carbocycles. The average molecular weight is 526 g/mol. The number of carbonyl (C=O) groups excluding carboxylic acids is 1. The summed E-state index contributed by atoms with van der Waals surface area (Å²) < 4.78 is 0. The molecule has 5 nitrogen and oxygen atoms in total. The zero-order valence-corrected chi connectivity index (χ0v) is 24.6. The molecule has 37 heavy (non-hydrogen) atoms. The van der Waals surface area contributed by atoms with Gasteiger partial charge in [0, 0.05) is 0 Å². The van der Waals surface area contributed by atoms with Gasteiger partial charge in [-0.15, -0.1) is 0 Å². The summed E-state index contributed by atoms with van der Waals surface area (Å²) in [6.07, 6.45) is 28.7. The van der Waals surface area contributed by atoms with Crippen LogP contribution in [-0.4, -0.2) is 46.1 Å². The first kappa shape index (κ1) is 36.1. The minimum atomic E-state index is -0.744. The summed E-state index contributed by atoms with van der Waals surface area (Å²) >= 11 is 0. The Balaban J connectivity index is 3.74. The molecule has 4 N–H and O–H groups in total. The first-order valence-electron chi connectivity index (χ1n) is 16.0. The number of hydrogen-bond donors (Lipinski definition) is 4. The van der Waals surface area contributed by atoms with Crippen molar-refractivity contribution in [2.75, 3.05) is 6.61 Å². The summed E-state index contributed by atoms with van der Waals surface area (Å²) in [5.74, 6) is -0.292. The number of rotatable bonds is 28. The van der Waals surface area contributed by atoms with Crippen LogP contribution in [0.3, 0.4) is 0 Å². The standard InChI is InChI=1S/C32H63NO4/c1-3-5-7-9-11-13-14-15-16-18-19-21-23-25-29(35)27-32(37)33-30(28-34)31(36)26-24-22-20-17-12-10-8-6-4-2/h13-14,29-31,34-36H,3-12,15-28H2,1-2H3,(H,33,37)/b14-13-. The lowest BCUT2D eigenvalue weighted by atomic mass is 10.0. The van der Waals surface area contributed by atoms with E-state index in [0.29, 0.717) is 12.8 Å². The summed E-state index contributed by atoms with van der Waals surface area (Å²) in [4.78, 5) is 12.3. The first-order chi connectivity index (χ1) is 18.0. The third-order valence-corrected chi connectivity index (χ3v) is 7.33. The maximum atomic E-state index is 12.3. The van der Waals surface area contributed by atoms with Crippen molar-refractivity contribution in [3.8, 4) is 0 Å². The van der Waals surface area contributed by atoms with Crippen LogP contribution in [0, 0.1) is 0 Å². The summed E-state index contributed by atoms with van der Waals surface area (Å²) in [5.41, 5.74) is 0. The highest BCUT2D eigenvalue weighted by molar-refractivity contribution is 5.76. The van der Waals surface area contributed by atoms with Crippen molar-refractivity contribution in [2.24, 2.45) is 0 Å². The molecule has 0 saturated carbocycles. The molecule has 1 amide bonds. The molecule has 0 fully saturated rings. The third kappa shape index (κ3) is 25.1. The van der Waals surface area contributed by atoms with E-state index < -0.39 is 18.2 Å². The number of allylic oxidation sites excluding steroid dienone is 2. The SMILES string of the molecule is CCCCCC/C=C\CCCCCCCC(O)CC(=O)NC(CO)C(O)CCCCCCCCCCC. The van der Waals surface area contributed by atoms with Crippen molar-refractivity contribution in [3.05, 3.63) is 12.2 Å². The summed E-state index contributed by atoms with van der Waals surface area (Å²) in [7, 11) is 0. The molecule has 0 aromatic rings. The third-order valence-electron chi connectivity index (χ3n) is 7.33. The fourth-order valence-electron chi connectivity index (χ4n) is 4.81. The zero-order chi connectivity index (χ0) is 27.4. The van der Waals surface area contributed by atoms with Crippen LogP contribution < -0.4 is 5.32 Å². The van der Waals surface area contributed by atoms with E-state index in [1.54, 1.807) is 0 Å². The quantitative estimate of drug-likeness (QED) is 0.0621. The summed E-state index contributed by atoms with van der Waals surface area (Å²) in [5, 5.41) is 32.9. The maximum Gasteiger partial charge on any atom is 0.222 e. The van der Waals surface area contributed by atoms with Gasteiger partial charge in [0.05, 0.1) is 31.3 Å². The van der Waals surface area contributed by atoms with Gasteiger partial charge in [-0.1, -0.05) is 129 Å². The molecule has 0 aromatic heterocycles. The monoisotopic (exact) mass is 525 g/mol. The van der Waals surface area contributed by atoms with Crippen LogP contribution in [0.15, 0.2) is 12.2 Å². The molecular formula is C32H63NO4. The topological polar surface area (TPSA) is 89.8 Å². The van der Waals surface area contributed by atoms with Gasteiger partial charge in [-0.25, -0.2) is 0 Å². The van der Waals surface area contributed by atoms with Gasteiger partial charge >= 0.3 is 0 Å². The van der Waals surface area contributed by atoms with Gasteiger partial charge < -0.3 is 20.6 Å². The van der Waals surface area contributed by atoms with E-state index >= 15 is 0 Å². The van der Waals surface area contributed by atoms with E-state index in [1.807, 2.05) is 0 Å². The molecule has 0 bridgehead atoms. The van der Waals surface area contributed by atoms with E-state index in [0.717, 1.165) is 32.1 Å². The van der Waals surface area contributed by atoms with Crippen LogP contribution in [0.4, 0.5) is 0 Å². The largest absolute Gasteiger partial charge is 0.394 e. The normalized spacial score (nSPS) is 14.2. The molecule has 0 radical (unpaired) electrons. The van der Waals surface area contributed by atoms with E-state index in [4.69, 9.17) is 0 Å². The number of aliphatic hydroxyl groups excluding tert-OH is 3. The molecule has 220 valence electrons. The maximum absolute atomic E-state index is 12.3. The Morgan fingerprint density at radius 1 is 0.649 bits per heavy atom. The Morgan fingerprint density at radius 2 is 1.08 bits per heavy atom. The van der Waals surface area contributed by atoms with Gasteiger partial charge in [-0.2, -0.15) is 0 Å². The fraction of sp³-hybridized carbons (Fsp3) is 0.906. The fourth-order valence-corrected chi connectivity index (χ4v) is 4.81. The highest BCUT2D eigenvalue weighted by atomic mass is 16.3. The van der Waals surface area contributed by atoms with Crippen molar-refractivity contribution in [2.45, 2.75) is 180 Å². The number of unbranched alkanes of at least 4 members (excludes halogenated alkanes) is 17. The van der Waals surface area contributed by atoms with Gasteiger partial charge in [0.2, 0.25) is 5.91 Å². The van der Waals surface area contributed by atoms with Crippen molar-refractivity contribution in [1.82, 2.24) is 5.32 Å². The molecule has 0 aliphatic rings. The van der Waals surface area contributed by atoms with Crippen molar-refractivity contribution < 1.29 is 20.1 Å². The Bertz CT molecular complexity index is 511. The summed E-state index contributed by atoms with van der Waals surface area (Å²) in [6.45, 7) is 4.19. The molecule has 3 unspecified atom stereocenters. The molecule has 0 rings (SSSR count). The number of aliphatic hydroxyl groups is 3. The highest BCUT2D eigenvalue weighted by Crippen LogP contribution is 2.14. The van der Waals surface area contributed by atoms with Crippen LogP contribution in [0.5, 0.6) is 0 Å². The number of hydrogen-bond acceptors (Lipinski definition) is 4. The zero-order valence-electron chi connectivity index (χ0n) is 24.6. The Morgan fingerprint density at radius 3 is 1.59 bits per heavy atom. The minimum Gasteiger partial charge on any atom is -0.394 e. The van der Waals surface area contributed by atoms with Crippen molar-refractivity contribution in [1.29, 1.82) is 0 Å². The molecule has 0 spiro atoms. The van der Waals surface area contributed by atoms with E-state index in [1.165, 1.54) is 96.3 Å². The average Bonchev–Trinajstić information content (AvgIpc) is 2.88. The lowest BCUT2D eigenvalue weighted by Gasteiger charge is -2.23. The molecule has 3 atom stereocenters. The molecule has 0 aliphatic heterocycles. The molecule has 5 heteroatoms. The lowest BCUT2D eigenvalue weighted by Crippen LogP contribution is -2.46. The van der Waals surface area contributed by atoms with E-state index in [9.17, 15) is 20.1 Å². The van der Waals surface area contributed by atoms with Crippen LogP contribution in [0.1, 0.15) is 162 Å². The van der Waals surface area contributed by atoms with Gasteiger partial charge in [-0.05, 0) is 38.5 Å². The molecule has 0 aliphatic carbocycles. The Kier molecular flexibility index (Phi) is 27.4. The second kappa shape index (κ2) is 28.1. The first-order valence-corrected chi connectivity index (χ1v) is 16.0. The Labute approximate surface area is 229 Å². The van der Waals surface area contributed by atoms with Gasteiger partial charge in [0.1, 0.15) is 0 Å². The highest BCUT2D eigenvalue weighted by Gasteiger charge is 2.21. The van der Waals surface area contributed by atoms with E-state index in [2.05, 4.69) is 31.3 Å². The predicted molar refractivity (Wildman–Crippen MR) is 158 cm³/mol. The Hall–Kier alpha value is -0.910. The summed E-state index contributed by atoms with van der Waals surface area (Å²) in [6, 6.07) is -0.654. The predicted octanol–water partition coefficient (Wildman–Crippen LogP) is 7.75. The number of amides is 1. The number of carbonyl (C=O) groups is 1. The van der Waals surface area contributed by atoms with E-state index in [-0.39, 0.29) is 18.9 Å². The smallest absolute Gasteiger partial charge is 0.222 e. The molecule has 0 saturated heterocycles. The van der Waals surface area contributed by atoms with Crippen molar-refractivity contribution >= 4 is 5.91 Å². The van der Waals surface area contributed by atoms with Gasteiger partial charge in [0.15, 0.2) is 0 Å².